The van der Waals surface area contributed by atoms with E-state index >= 15 is 0 Å². The second-order valence-electron chi connectivity index (χ2n) is 7.05. The number of rotatable bonds is 7. The second kappa shape index (κ2) is 9.42. The maximum Gasteiger partial charge on any atom is 0.273 e. The van der Waals surface area contributed by atoms with Crippen molar-refractivity contribution in [3.05, 3.63) is 77.3 Å². The first-order valence-corrected chi connectivity index (χ1v) is 11.3. The van der Waals surface area contributed by atoms with Gasteiger partial charge < -0.3 is 15.2 Å². The molecule has 0 bridgehead atoms. The van der Waals surface area contributed by atoms with Gasteiger partial charge >= 0.3 is 0 Å². The first-order chi connectivity index (χ1) is 15.1. The summed E-state index contributed by atoms with van der Waals surface area (Å²) in [5, 5.41) is 12.2. The number of halogens is 1. The number of hydrogen-bond acceptors (Lipinski definition) is 6. The Bertz CT molecular complexity index is 1250. The van der Waals surface area contributed by atoms with Crippen molar-refractivity contribution in [2.24, 2.45) is 0 Å². The quantitative estimate of drug-likeness (QED) is 0.498. The summed E-state index contributed by atoms with van der Waals surface area (Å²) in [6.45, 7) is 3.05. The maximum atomic E-state index is 12.7. The van der Waals surface area contributed by atoms with E-state index in [1.807, 2.05) is 6.92 Å². The summed E-state index contributed by atoms with van der Waals surface area (Å²) in [5.74, 6) is -1.15. The number of aryl methyl sites for hydroxylation is 1. The van der Waals surface area contributed by atoms with Crippen LogP contribution in [0.2, 0.25) is 5.02 Å². The Balaban J connectivity index is 1.78. The molecule has 9 heteroatoms. The number of nitrogens with one attached hydrogen (secondary N) is 1. The van der Waals surface area contributed by atoms with Gasteiger partial charge in [0.2, 0.25) is 15.9 Å². The van der Waals surface area contributed by atoms with Gasteiger partial charge in [0.15, 0.2) is 5.78 Å². The number of sulfone groups is 1. The van der Waals surface area contributed by atoms with Gasteiger partial charge in [-0.1, -0.05) is 17.7 Å². The molecule has 0 aromatic heterocycles. The van der Waals surface area contributed by atoms with Crippen molar-refractivity contribution in [3.8, 4) is 11.5 Å². The fourth-order valence-corrected chi connectivity index (χ4v) is 4.27. The Kier molecular flexibility index (Phi) is 6.86. The second-order valence-corrected chi connectivity index (χ2v) is 9.41. The molecule has 1 unspecified atom stereocenters. The molecule has 0 fully saturated rings. The third-order valence-electron chi connectivity index (χ3n) is 4.52. The summed E-state index contributed by atoms with van der Waals surface area (Å²) in [6, 6.07) is 15.6. The first kappa shape index (κ1) is 23.3. The van der Waals surface area contributed by atoms with E-state index in [1.165, 1.54) is 55.5 Å². The number of phenols is 1. The molecule has 0 spiro atoms. The SMILES string of the molecule is CC(=O)C(Oc1ccc(S(=O)(=O)c2ccc(O)cc2)cc1)C(=O)Nc1cc(C)ccc1Cl. The van der Waals surface area contributed by atoms with Crippen LogP contribution in [0.25, 0.3) is 0 Å². The molecule has 1 atom stereocenters. The average Bonchev–Trinajstić information content (AvgIpc) is 2.75. The number of benzene rings is 3. The predicted molar refractivity (Wildman–Crippen MR) is 120 cm³/mol. The highest BCUT2D eigenvalue weighted by Gasteiger charge is 2.26. The van der Waals surface area contributed by atoms with Crippen LogP contribution < -0.4 is 10.1 Å². The molecule has 3 rings (SSSR count). The van der Waals surface area contributed by atoms with Crippen molar-refractivity contribution in [1.29, 1.82) is 0 Å². The summed E-state index contributed by atoms with van der Waals surface area (Å²) in [4.78, 5) is 24.7. The maximum absolute atomic E-state index is 12.7. The van der Waals surface area contributed by atoms with Gasteiger partial charge in [-0.15, -0.1) is 0 Å². The van der Waals surface area contributed by atoms with E-state index in [2.05, 4.69) is 5.32 Å². The molecule has 0 radical (unpaired) electrons. The molecule has 0 aliphatic rings. The number of amides is 1. The highest BCUT2D eigenvalue weighted by molar-refractivity contribution is 7.91. The van der Waals surface area contributed by atoms with Crippen LogP contribution in [-0.2, 0) is 19.4 Å². The minimum Gasteiger partial charge on any atom is -0.508 e. The summed E-state index contributed by atoms with van der Waals surface area (Å²) in [5.41, 5.74) is 1.22. The summed E-state index contributed by atoms with van der Waals surface area (Å²) in [7, 11) is -3.81. The molecule has 1 amide bonds. The number of anilines is 1. The fourth-order valence-electron chi connectivity index (χ4n) is 2.85. The lowest BCUT2D eigenvalue weighted by Gasteiger charge is -2.17. The van der Waals surface area contributed by atoms with E-state index in [4.69, 9.17) is 16.3 Å². The minimum absolute atomic E-state index is 0.00842. The van der Waals surface area contributed by atoms with Crippen LogP contribution in [0.5, 0.6) is 11.5 Å². The third-order valence-corrected chi connectivity index (χ3v) is 6.64. The van der Waals surface area contributed by atoms with Gasteiger partial charge in [-0.05, 0) is 80.1 Å². The number of phenolic OH excluding ortho intramolecular Hbond substituents is 1. The monoisotopic (exact) mass is 473 g/mol. The van der Waals surface area contributed by atoms with Gasteiger partial charge in [0, 0.05) is 0 Å². The normalized spacial score (nSPS) is 12.1. The van der Waals surface area contributed by atoms with Crippen LogP contribution in [0.4, 0.5) is 5.69 Å². The van der Waals surface area contributed by atoms with E-state index in [1.54, 1.807) is 18.2 Å². The van der Waals surface area contributed by atoms with E-state index in [9.17, 15) is 23.1 Å². The number of carbonyl (C=O) groups excluding carboxylic acids is 2. The van der Waals surface area contributed by atoms with E-state index < -0.39 is 27.6 Å². The van der Waals surface area contributed by atoms with Crippen LogP contribution in [0, 0.1) is 6.92 Å². The lowest BCUT2D eigenvalue weighted by Crippen LogP contribution is -2.38. The summed E-state index contributed by atoms with van der Waals surface area (Å²) >= 11 is 6.09. The number of ether oxygens (including phenoxy) is 1. The lowest BCUT2D eigenvalue weighted by molar-refractivity contribution is -0.133. The summed E-state index contributed by atoms with van der Waals surface area (Å²) in [6.07, 6.45) is -1.45. The molecule has 0 aliphatic carbocycles. The van der Waals surface area contributed by atoms with E-state index in [0.29, 0.717) is 10.7 Å². The van der Waals surface area contributed by atoms with Crippen molar-refractivity contribution >= 4 is 38.8 Å². The number of carbonyl (C=O) groups is 2. The predicted octanol–water partition coefficient (Wildman–Crippen LogP) is 4.16. The van der Waals surface area contributed by atoms with Crippen LogP contribution in [0.3, 0.4) is 0 Å². The number of Topliss-reactive ketones (excluding diaryl/α,β-unsaturated/α-hetero) is 1. The van der Waals surface area contributed by atoms with Gasteiger partial charge in [-0.3, -0.25) is 9.59 Å². The molecule has 166 valence electrons. The van der Waals surface area contributed by atoms with Crippen molar-refractivity contribution < 1.29 is 27.9 Å². The van der Waals surface area contributed by atoms with E-state index in [-0.39, 0.29) is 21.3 Å². The number of ketones is 1. The van der Waals surface area contributed by atoms with Crippen LogP contribution in [0.15, 0.2) is 76.5 Å². The molecular formula is C23H20ClNO6S. The molecule has 3 aromatic carbocycles. The van der Waals surface area contributed by atoms with Gasteiger partial charge in [0.1, 0.15) is 11.5 Å². The van der Waals surface area contributed by atoms with Crippen molar-refractivity contribution in [2.75, 3.05) is 5.32 Å². The van der Waals surface area contributed by atoms with E-state index in [0.717, 1.165) is 5.56 Å². The molecule has 0 heterocycles. The van der Waals surface area contributed by atoms with Crippen molar-refractivity contribution in [2.45, 2.75) is 29.7 Å². The third kappa shape index (κ3) is 5.27. The topological polar surface area (TPSA) is 110 Å². The first-order valence-electron chi connectivity index (χ1n) is 9.46. The van der Waals surface area contributed by atoms with Crippen LogP contribution in [0.1, 0.15) is 12.5 Å². The van der Waals surface area contributed by atoms with Crippen molar-refractivity contribution in [1.82, 2.24) is 0 Å². The van der Waals surface area contributed by atoms with Gasteiger partial charge in [-0.25, -0.2) is 8.42 Å². The van der Waals surface area contributed by atoms with Crippen LogP contribution in [-0.4, -0.2) is 31.3 Å². The molecule has 7 nitrogen and oxygen atoms in total. The standard InChI is InChI=1S/C23H20ClNO6S/c1-14-3-12-20(24)21(13-14)25-23(28)22(15(2)26)31-17-6-10-19(11-7-17)32(29,30)18-8-4-16(27)5-9-18/h3-13,22,27H,1-2H3,(H,25,28). The molecule has 0 aliphatic heterocycles. The Morgan fingerprint density at radius 1 is 0.969 bits per heavy atom. The molecule has 0 saturated heterocycles. The smallest absolute Gasteiger partial charge is 0.273 e. The summed E-state index contributed by atoms with van der Waals surface area (Å²) < 4.78 is 30.9. The number of aromatic hydroxyl groups is 1. The van der Waals surface area contributed by atoms with Crippen LogP contribution >= 0.6 is 11.6 Å². The highest BCUT2D eigenvalue weighted by Crippen LogP contribution is 2.26. The lowest BCUT2D eigenvalue weighted by atomic mass is 10.2. The molecule has 32 heavy (non-hydrogen) atoms. The molecule has 2 N–H and O–H groups in total. The highest BCUT2D eigenvalue weighted by atomic mass is 35.5. The molecule has 3 aromatic rings. The minimum atomic E-state index is -3.81. The Morgan fingerprint density at radius 3 is 2.09 bits per heavy atom. The fraction of sp³-hybridized carbons (Fsp3) is 0.130. The molecular weight excluding hydrogens is 454 g/mol. The zero-order valence-corrected chi connectivity index (χ0v) is 18.8. The Hall–Kier alpha value is -3.36. The number of hydrogen-bond donors (Lipinski definition) is 2. The van der Waals surface area contributed by atoms with Gasteiger partial charge in [0.25, 0.3) is 5.91 Å². The van der Waals surface area contributed by atoms with Crippen molar-refractivity contribution in [3.63, 3.8) is 0 Å². The Labute approximate surface area is 190 Å². The zero-order chi connectivity index (χ0) is 23.5. The largest absolute Gasteiger partial charge is 0.508 e. The zero-order valence-electron chi connectivity index (χ0n) is 17.2. The Morgan fingerprint density at radius 2 is 1.53 bits per heavy atom. The molecule has 0 saturated carbocycles. The average molecular weight is 474 g/mol. The van der Waals surface area contributed by atoms with Gasteiger partial charge in [-0.2, -0.15) is 0 Å². The van der Waals surface area contributed by atoms with Gasteiger partial charge in [0.05, 0.1) is 20.5 Å².